The number of nitrogens with zero attached hydrogens (tertiary/aromatic N) is 3. The molecule has 0 amide bonds. The average Bonchev–Trinajstić information content (AvgIpc) is 2.44. The summed E-state index contributed by atoms with van der Waals surface area (Å²) in [5, 5.41) is 3.25. The first-order valence-electron chi connectivity index (χ1n) is 6.24. The van der Waals surface area contributed by atoms with Gasteiger partial charge in [0.25, 0.3) is 0 Å². The van der Waals surface area contributed by atoms with E-state index in [1.807, 2.05) is 37.5 Å². The smallest absolute Gasteiger partial charge is 0.178 e. The zero-order chi connectivity index (χ0) is 13.5. The van der Waals surface area contributed by atoms with Crippen LogP contribution in [-0.4, -0.2) is 35.2 Å². The van der Waals surface area contributed by atoms with Gasteiger partial charge in [-0.3, -0.25) is 0 Å². The van der Waals surface area contributed by atoms with Gasteiger partial charge in [-0.1, -0.05) is 6.07 Å². The van der Waals surface area contributed by atoms with Crippen molar-refractivity contribution in [3.8, 4) is 11.5 Å². The van der Waals surface area contributed by atoms with E-state index in [-0.39, 0.29) is 0 Å². The second-order valence-corrected chi connectivity index (χ2v) is 4.25. The topological polar surface area (TPSA) is 59.9 Å². The fraction of sp³-hybridized carbons (Fsp3) is 0.357. The molecule has 0 radical (unpaired) electrons. The summed E-state index contributed by atoms with van der Waals surface area (Å²) in [5.41, 5.74) is 2.82. The van der Waals surface area contributed by atoms with Crippen molar-refractivity contribution in [3.05, 3.63) is 41.9 Å². The molecule has 5 heteroatoms. The maximum atomic E-state index is 4.97. The van der Waals surface area contributed by atoms with Crippen molar-refractivity contribution in [2.75, 3.05) is 20.3 Å². The Morgan fingerprint density at radius 2 is 2.00 bits per heavy atom. The molecule has 0 aromatic carbocycles. The molecule has 0 saturated carbocycles. The molecule has 0 fully saturated rings. The summed E-state index contributed by atoms with van der Waals surface area (Å²) in [6.07, 6.45) is 3.65. The van der Waals surface area contributed by atoms with E-state index in [9.17, 15) is 0 Å². The van der Waals surface area contributed by atoms with E-state index in [4.69, 9.17) is 4.74 Å². The third kappa shape index (κ3) is 4.08. The van der Waals surface area contributed by atoms with Crippen LogP contribution in [0.1, 0.15) is 11.3 Å². The number of rotatable bonds is 6. The minimum Gasteiger partial charge on any atom is -0.383 e. The fourth-order valence-electron chi connectivity index (χ4n) is 1.65. The number of pyridine rings is 1. The van der Waals surface area contributed by atoms with Gasteiger partial charge >= 0.3 is 0 Å². The maximum Gasteiger partial charge on any atom is 0.178 e. The van der Waals surface area contributed by atoms with Crippen LogP contribution >= 0.6 is 0 Å². The molecule has 5 nitrogen and oxygen atoms in total. The highest BCUT2D eigenvalue weighted by atomic mass is 16.5. The predicted octanol–water partition coefficient (Wildman–Crippen LogP) is 1.58. The van der Waals surface area contributed by atoms with E-state index in [1.54, 1.807) is 7.11 Å². The zero-order valence-corrected chi connectivity index (χ0v) is 11.3. The second-order valence-electron chi connectivity index (χ2n) is 4.25. The van der Waals surface area contributed by atoms with Crippen LogP contribution in [-0.2, 0) is 11.3 Å². The van der Waals surface area contributed by atoms with Crippen molar-refractivity contribution in [1.82, 2.24) is 20.3 Å². The number of hydrogen-bond acceptors (Lipinski definition) is 5. The summed E-state index contributed by atoms with van der Waals surface area (Å²) in [7, 11) is 1.69. The number of methoxy groups -OCH3 is 1. The van der Waals surface area contributed by atoms with Crippen LogP contribution in [0.4, 0.5) is 0 Å². The van der Waals surface area contributed by atoms with E-state index in [2.05, 4.69) is 20.3 Å². The second kappa shape index (κ2) is 6.92. The lowest BCUT2D eigenvalue weighted by atomic mass is 10.3. The lowest BCUT2D eigenvalue weighted by Gasteiger charge is -2.04. The van der Waals surface area contributed by atoms with Gasteiger partial charge < -0.3 is 10.1 Å². The summed E-state index contributed by atoms with van der Waals surface area (Å²) in [6.45, 7) is 4.21. The molecule has 0 aliphatic rings. The summed E-state index contributed by atoms with van der Waals surface area (Å²) < 4.78 is 4.97. The molecule has 0 bridgehead atoms. The van der Waals surface area contributed by atoms with E-state index < -0.39 is 0 Å². The van der Waals surface area contributed by atoms with Crippen LogP contribution in [0.25, 0.3) is 11.5 Å². The summed E-state index contributed by atoms with van der Waals surface area (Å²) in [4.78, 5) is 13.1. The van der Waals surface area contributed by atoms with Crippen molar-refractivity contribution < 1.29 is 4.74 Å². The first-order valence-corrected chi connectivity index (χ1v) is 6.24. The van der Waals surface area contributed by atoms with Gasteiger partial charge in [0.1, 0.15) is 5.69 Å². The van der Waals surface area contributed by atoms with Gasteiger partial charge in [0.05, 0.1) is 6.61 Å². The number of aromatic nitrogens is 3. The van der Waals surface area contributed by atoms with Crippen LogP contribution in [0, 0.1) is 6.92 Å². The van der Waals surface area contributed by atoms with Gasteiger partial charge in [-0.05, 0) is 19.1 Å². The van der Waals surface area contributed by atoms with Gasteiger partial charge in [-0.25, -0.2) is 15.0 Å². The Balaban J connectivity index is 1.98. The Labute approximate surface area is 113 Å². The van der Waals surface area contributed by atoms with Crippen LogP contribution in [0.2, 0.25) is 0 Å². The van der Waals surface area contributed by atoms with Crippen LogP contribution < -0.4 is 5.32 Å². The molecule has 0 saturated heterocycles. The van der Waals surface area contributed by atoms with Crippen molar-refractivity contribution in [2.24, 2.45) is 0 Å². The number of hydrogen-bond donors (Lipinski definition) is 1. The Morgan fingerprint density at radius 1 is 1.21 bits per heavy atom. The molecule has 2 heterocycles. The minimum atomic E-state index is 0.657. The molecule has 0 aliphatic heterocycles. The van der Waals surface area contributed by atoms with Gasteiger partial charge in [-0.15, -0.1) is 0 Å². The molecule has 2 rings (SSSR count). The molecule has 2 aromatic rings. The Morgan fingerprint density at radius 3 is 2.68 bits per heavy atom. The molecular formula is C14H18N4O. The minimum absolute atomic E-state index is 0.657. The molecule has 2 aromatic heterocycles. The molecule has 0 spiro atoms. The normalized spacial score (nSPS) is 10.6. The van der Waals surface area contributed by atoms with Crippen molar-refractivity contribution >= 4 is 0 Å². The molecule has 0 aliphatic carbocycles. The lowest BCUT2D eigenvalue weighted by molar-refractivity contribution is 0.199. The molecule has 19 heavy (non-hydrogen) atoms. The molecule has 100 valence electrons. The first-order chi connectivity index (χ1) is 9.29. The number of ether oxygens (including phenoxy) is 1. The standard InChI is InChI=1S/C14H18N4O/c1-11-4-3-5-13(18-11)14-16-9-12(10-17-14)8-15-6-7-19-2/h3-5,9-10,15H,6-8H2,1-2H3. The quantitative estimate of drug-likeness (QED) is 0.797. The number of aryl methyl sites for hydroxylation is 1. The van der Waals surface area contributed by atoms with Crippen molar-refractivity contribution in [3.63, 3.8) is 0 Å². The van der Waals surface area contributed by atoms with Gasteiger partial charge in [0.2, 0.25) is 0 Å². The van der Waals surface area contributed by atoms with Crippen LogP contribution in [0.3, 0.4) is 0 Å². The predicted molar refractivity (Wildman–Crippen MR) is 73.6 cm³/mol. The number of nitrogens with one attached hydrogen (secondary N) is 1. The molecule has 1 N–H and O–H groups in total. The monoisotopic (exact) mass is 258 g/mol. The van der Waals surface area contributed by atoms with Crippen LogP contribution in [0.5, 0.6) is 0 Å². The summed E-state index contributed by atoms with van der Waals surface area (Å²) >= 11 is 0. The van der Waals surface area contributed by atoms with E-state index in [1.165, 1.54) is 0 Å². The Hall–Kier alpha value is -1.85. The molecule has 0 atom stereocenters. The third-order valence-corrected chi connectivity index (χ3v) is 2.63. The Bertz CT molecular complexity index is 513. The van der Waals surface area contributed by atoms with E-state index in [0.717, 1.165) is 30.0 Å². The van der Waals surface area contributed by atoms with E-state index in [0.29, 0.717) is 12.4 Å². The van der Waals surface area contributed by atoms with E-state index >= 15 is 0 Å². The van der Waals surface area contributed by atoms with Crippen molar-refractivity contribution in [1.29, 1.82) is 0 Å². The lowest BCUT2D eigenvalue weighted by Crippen LogP contribution is -2.18. The summed E-state index contributed by atoms with van der Waals surface area (Å²) in [6, 6.07) is 5.83. The highest BCUT2D eigenvalue weighted by molar-refractivity contribution is 5.48. The zero-order valence-electron chi connectivity index (χ0n) is 11.3. The maximum absolute atomic E-state index is 4.97. The SMILES string of the molecule is COCCNCc1cnc(-c2cccc(C)n2)nc1. The third-order valence-electron chi connectivity index (χ3n) is 2.63. The highest BCUT2D eigenvalue weighted by Crippen LogP contribution is 2.11. The van der Waals surface area contributed by atoms with Crippen molar-refractivity contribution in [2.45, 2.75) is 13.5 Å². The van der Waals surface area contributed by atoms with Gasteiger partial charge in [0, 0.05) is 43.9 Å². The fourth-order valence-corrected chi connectivity index (χ4v) is 1.65. The Kier molecular flexibility index (Phi) is 4.94. The average molecular weight is 258 g/mol. The largest absolute Gasteiger partial charge is 0.383 e. The summed E-state index contributed by atoms with van der Waals surface area (Å²) in [5.74, 6) is 0.657. The van der Waals surface area contributed by atoms with Gasteiger partial charge in [-0.2, -0.15) is 0 Å². The highest BCUT2D eigenvalue weighted by Gasteiger charge is 2.02. The molecular weight excluding hydrogens is 240 g/mol. The van der Waals surface area contributed by atoms with Crippen LogP contribution in [0.15, 0.2) is 30.6 Å². The van der Waals surface area contributed by atoms with Gasteiger partial charge in [0.15, 0.2) is 5.82 Å². The first kappa shape index (κ1) is 13.6. The molecule has 0 unspecified atom stereocenters.